The van der Waals surface area contributed by atoms with Gasteiger partial charge in [0.2, 0.25) is 0 Å². The molecule has 0 fully saturated rings. The lowest BCUT2D eigenvalue weighted by Crippen LogP contribution is -1.94. The summed E-state index contributed by atoms with van der Waals surface area (Å²) in [4.78, 5) is 6.28. The van der Waals surface area contributed by atoms with Crippen LogP contribution in [0, 0.1) is 6.92 Å². The average molecular weight is 237 g/mol. The molecule has 0 atom stereocenters. The van der Waals surface area contributed by atoms with Crippen LogP contribution in [0.4, 0.5) is 0 Å². The largest absolute Gasteiger partial charge is 0.246 e. The normalized spacial score (nSPS) is 19.6. The first-order chi connectivity index (χ1) is 7.86. The van der Waals surface area contributed by atoms with Crippen molar-refractivity contribution >= 4 is 11.3 Å². The van der Waals surface area contributed by atoms with Crippen LogP contribution >= 0.6 is 11.3 Å². The van der Waals surface area contributed by atoms with Crippen molar-refractivity contribution < 1.29 is 0 Å². The van der Waals surface area contributed by atoms with Crippen molar-refractivity contribution in [3.8, 4) is 0 Å². The van der Waals surface area contributed by atoms with Gasteiger partial charge in [-0.3, -0.25) is 0 Å². The minimum atomic E-state index is 1.22. The van der Waals surface area contributed by atoms with E-state index in [1.165, 1.54) is 74.9 Å². The van der Waals surface area contributed by atoms with Crippen LogP contribution in [0.5, 0.6) is 0 Å². The summed E-state index contributed by atoms with van der Waals surface area (Å²) in [5.41, 5.74) is 1.42. The maximum Gasteiger partial charge on any atom is 0.0900 e. The molecular weight excluding hydrogens is 214 g/mol. The van der Waals surface area contributed by atoms with Gasteiger partial charge in [-0.1, -0.05) is 38.5 Å². The summed E-state index contributed by atoms with van der Waals surface area (Å²) in [7, 11) is 0. The second-order valence-electron chi connectivity index (χ2n) is 4.93. The number of hydrogen-bond acceptors (Lipinski definition) is 2. The summed E-state index contributed by atoms with van der Waals surface area (Å²) >= 11 is 1.93. The Balaban J connectivity index is 1.99. The van der Waals surface area contributed by atoms with Gasteiger partial charge in [-0.2, -0.15) is 0 Å². The van der Waals surface area contributed by atoms with Crippen LogP contribution in [0.3, 0.4) is 0 Å². The Morgan fingerprint density at radius 1 is 0.812 bits per heavy atom. The van der Waals surface area contributed by atoms with E-state index >= 15 is 0 Å². The molecule has 90 valence electrons. The fraction of sp³-hybridized carbons (Fsp3) is 0.786. The number of rotatable bonds is 0. The monoisotopic (exact) mass is 237 g/mol. The minimum absolute atomic E-state index is 1.22. The fourth-order valence-electron chi connectivity index (χ4n) is 2.54. The van der Waals surface area contributed by atoms with Gasteiger partial charge in [-0.25, -0.2) is 4.98 Å². The molecule has 0 radical (unpaired) electrons. The Kier molecular flexibility index (Phi) is 4.83. The van der Waals surface area contributed by atoms with E-state index in [9.17, 15) is 0 Å². The first kappa shape index (κ1) is 12.1. The van der Waals surface area contributed by atoms with Gasteiger partial charge in [0.1, 0.15) is 0 Å². The van der Waals surface area contributed by atoms with Crippen molar-refractivity contribution in [2.75, 3.05) is 0 Å². The number of nitrogens with zero attached hydrogens (tertiary/aromatic N) is 1. The first-order valence-corrected chi connectivity index (χ1v) is 7.63. The van der Waals surface area contributed by atoms with Gasteiger partial charge in [0.15, 0.2) is 0 Å². The van der Waals surface area contributed by atoms with Crippen LogP contribution < -0.4 is 0 Å². The zero-order valence-electron chi connectivity index (χ0n) is 10.4. The Bertz CT molecular complexity index is 287. The van der Waals surface area contributed by atoms with E-state index < -0.39 is 0 Å². The third kappa shape index (κ3) is 3.58. The molecule has 1 heterocycles. The van der Waals surface area contributed by atoms with Crippen LogP contribution in [0.2, 0.25) is 0 Å². The van der Waals surface area contributed by atoms with E-state index in [1.54, 1.807) is 4.88 Å². The molecule has 0 unspecified atom stereocenters. The SMILES string of the molecule is Cc1nc2c(s1)CCCCCCCCCC2. The molecule has 0 bridgehead atoms. The smallest absolute Gasteiger partial charge is 0.0900 e. The van der Waals surface area contributed by atoms with E-state index in [0.717, 1.165) is 0 Å². The van der Waals surface area contributed by atoms with E-state index in [0.29, 0.717) is 0 Å². The van der Waals surface area contributed by atoms with Crippen molar-refractivity contribution in [1.82, 2.24) is 4.98 Å². The number of aromatic nitrogens is 1. The molecule has 2 rings (SSSR count). The lowest BCUT2D eigenvalue weighted by molar-refractivity contribution is 0.559. The third-order valence-electron chi connectivity index (χ3n) is 3.45. The van der Waals surface area contributed by atoms with Gasteiger partial charge in [-0.15, -0.1) is 11.3 Å². The quantitative estimate of drug-likeness (QED) is 0.639. The molecule has 1 aromatic rings. The molecular formula is C14H23NS. The van der Waals surface area contributed by atoms with Crippen LogP contribution in [0.25, 0.3) is 0 Å². The molecule has 16 heavy (non-hydrogen) atoms. The fourth-order valence-corrected chi connectivity index (χ4v) is 3.57. The van der Waals surface area contributed by atoms with Crippen molar-refractivity contribution in [2.45, 2.75) is 71.1 Å². The van der Waals surface area contributed by atoms with Crippen LogP contribution in [0.1, 0.15) is 66.9 Å². The molecule has 2 heteroatoms. The van der Waals surface area contributed by atoms with Crippen LogP contribution in [0.15, 0.2) is 0 Å². The highest BCUT2D eigenvalue weighted by atomic mass is 32.1. The summed E-state index contributed by atoms with van der Waals surface area (Å²) in [6.45, 7) is 2.15. The predicted molar refractivity (Wildman–Crippen MR) is 71.2 cm³/mol. The molecule has 0 amide bonds. The van der Waals surface area contributed by atoms with Gasteiger partial charge >= 0.3 is 0 Å². The molecule has 0 aliphatic heterocycles. The summed E-state index contributed by atoms with van der Waals surface area (Å²) < 4.78 is 0. The Morgan fingerprint density at radius 2 is 1.38 bits per heavy atom. The zero-order chi connectivity index (χ0) is 11.2. The number of thiazole rings is 1. The average Bonchev–Trinajstić information content (AvgIpc) is 2.59. The third-order valence-corrected chi connectivity index (χ3v) is 4.53. The summed E-state index contributed by atoms with van der Waals surface area (Å²) in [5.74, 6) is 0. The highest BCUT2D eigenvalue weighted by Gasteiger charge is 2.09. The maximum atomic E-state index is 4.70. The minimum Gasteiger partial charge on any atom is -0.246 e. The van der Waals surface area contributed by atoms with Gasteiger partial charge in [0.25, 0.3) is 0 Å². The number of aryl methyl sites for hydroxylation is 3. The van der Waals surface area contributed by atoms with E-state index in [1.807, 2.05) is 11.3 Å². The molecule has 0 N–H and O–H groups in total. The highest BCUT2D eigenvalue weighted by Crippen LogP contribution is 2.23. The van der Waals surface area contributed by atoms with E-state index in [-0.39, 0.29) is 0 Å². The van der Waals surface area contributed by atoms with Gasteiger partial charge in [-0.05, 0) is 32.6 Å². The summed E-state index contributed by atoms with van der Waals surface area (Å²) in [5, 5.41) is 1.26. The second-order valence-corrected chi connectivity index (χ2v) is 6.22. The lowest BCUT2D eigenvalue weighted by Gasteiger charge is -2.06. The van der Waals surface area contributed by atoms with Crippen LogP contribution in [-0.2, 0) is 12.8 Å². The van der Waals surface area contributed by atoms with Gasteiger partial charge in [0.05, 0.1) is 10.7 Å². The van der Waals surface area contributed by atoms with Gasteiger partial charge < -0.3 is 0 Å². The van der Waals surface area contributed by atoms with Crippen molar-refractivity contribution in [3.05, 3.63) is 15.6 Å². The highest BCUT2D eigenvalue weighted by molar-refractivity contribution is 7.11. The van der Waals surface area contributed by atoms with E-state index in [2.05, 4.69) is 6.92 Å². The predicted octanol–water partition coefficient (Wildman–Crippen LogP) is 4.67. The lowest BCUT2D eigenvalue weighted by atomic mass is 10.0. The topological polar surface area (TPSA) is 12.9 Å². The van der Waals surface area contributed by atoms with Gasteiger partial charge in [0, 0.05) is 4.88 Å². The molecule has 1 aromatic heterocycles. The first-order valence-electron chi connectivity index (χ1n) is 6.81. The molecule has 0 saturated heterocycles. The zero-order valence-corrected chi connectivity index (χ0v) is 11.2. The molecule has 0 saturated carbocycles. The molecule has 1 aliphatic carbocycles. The molecule has 0 aromatic carbocycles. The van der Waals surface area contributed by atoms with Crippen molar-refractivity contribution in [3.63, 3.8) is 0 Å². The molecule has 1 aliphatic rings. The second kappa shape index (κ2) is 6.39. The standard InChI is InChI=1S/C14H23NS/c1-12-15-13-10-8-6-4-2-3-5-7-9-11-14(13)16-12/h2-11H2,1H3. The van der Waals surface area contributed by atoms with E-state index in [4.69, 9.17) is 4.98 Å². The maximum absolute atomic E-state index is 4.70. The molecule has 1 nitrogen and oxygen atoms in total. The Hall–Kier alpha value is -0.370. The van der Waals surface area contributed by atoms with Crippen molar-refractivity contribution in [2.24, 2.45) is 0 Å². The Labute approximate surface area is 103 Å². The number of fused-ring (bicyclic) bond motifs is 1. The molecule has 0 spiro atoms. The summed E-state index contributed by atoms with van der Waals surface area (Å²) in [6, 6.07) is 0. The summed E-state index contributed by atoms with van der Waals surface area (Å²) in [6.07, 6.45) is 13.8. The number of hydrogen-bond donors (Lipinski definition) is 0. The van der Waals surface area contributed by atoms with Crippen molar-refractivity contribution in [1.29, 1.82) is 0 Å². The Morgan fingerprint density at radius 3 is 2.06 bits per heavy atom. The van der Waals surface area contributed by atoms with Crippen LogP contribution in [-0.4, -0.2) is 4.98 Å².